The molecule has 0 saturated heterocycles. The normalized spacial score (nSPS) is 11.8. The van der Waals surface area contributed by atoms with Crippen LogP contribution >= 0.6 is 15.9 Å². The van der Waals surface area contributed by atoms with Crippen LogP contribution < -0.4 is 4.31 Å². The van der Waals surface area contributed by atoms with Gasteiger partial charge in [-0.25, -0.2) is 8.51 Å². The largest absolute Gasteiger partial charge is 0.268 e. The molecule has 0 unspecified atom stereocenters. The third kappa shape index (κ3) is 3.72. The molecular weight excluding hydrogens is 362 g/mol. The Bertz CT molecular complexity index is 741. The van der Waals surface area contributed by atoms with Crippen LogP contribution in [0.25, 0.3) is 0 Å². The van der Waals surface area contributed by atoms with Crippen molar-refractivity contribution in [3.8, 4) is 0 Å². The Balaban J connectivity index is 2.49. The lowest BCUT2D eigenvalue weighted by atomic mass is 10.2. The predicted molar refractivity (Wildman–Crippen MR) is 94.0 cm³/mol. The summed E-state index contributed by atoms with van der Waals surface area (Å²) in [4.78, 5) is 13.0. The third-order valence-corrected chi connectivity index (χ3v) is 4.86. The highest BCUT2D eigenvalue weighted by Crippen LogP contribution is 2.25. The van der Waals surface area contributed by atoms with E-state index in [0.717, 1.165) is 10.0 Å². The summed E-state index contributed by atoms with van der Waals surface area (Å²) in [5.74, 6) is -0.364. The zero-order valence-electron chi connectivity index (χ0n) is 12.4. The second-order valence-electron chi connectivity index (χ2n) is 4.92. The number of halogens is 1. The van der Waals surface area contributed by atoms with Crippen LogP contribution in [0, 0.1) is 6.92 Å². The van der Waals surface area contributed by atoms with Crippen molar-refractivity contribution in [1.82, 2.24) is 0 Å². The van der Waals surface area contributed by atoms with E-state index in [-0.39, 0.29) is 5.91 Å². The number of benzene rings is 2. The van der Waals surface area contributed by atoms with Crippen molar-refractivity contribution in [2.45, 2.75) is 18.7 Å². The molecule has 0 radical (unpaired) electrons. The van der Waals surface area contributed by atoms with Gasteiger partial charge in [0.05, 0.1) is 10.6 Å². The summed E-state index contributed by atoms with van der Waals surface area (Å²) in [5, 5.41) is 0. The van der Waals surface area contributed by atoms with Gasteiger partial charge < -0.3 is 0 Å². The van der Waals surface area contributed by atoms with Gasteiger partial charge in [-0.2, -0.15) is 0 Å². The molecule has 114 valence electrons. The van der Waals surface area contributed by atoms with Crippen LogP contribution in [0.2, 0.25) is 0 Å². The number of amides is 1. The molecule has 0 spiro atoms. The van der Waals surface area contributed by atoms with Gasteiger partial charge in [-0.3, -0.25) is 4.79 Å². The standard InChI is InChI=1S/C17H16BrNO2S/c1-12(2)17(20)19(15-6-4-5-14(18)11-15)22(21)16-9-7-13(3)8-10-16/h4-11H,1H2,2-3H3/t22-/m0/s1. The van der Waals surface area contributed by atoms with E-state index in [0.29, 0.717) is 16.2 Å². The molecule has 0 N–H and O–H groups in total. The maximum absolute atomic E-state index is 12.9. The van der Waals surface area contributed by atoms with Gasteiger partial charge in [0.25, 0.3) is 5.91 Å². The smallest absolute Gasteiger partial charge is 0.265 e. The number of aryl methyl sites for hydroxylation is 1. The summed E-state index contributed by atoms with van der Waals surface area (Å²) in [5.41, 5.74) is 1.96. The number of hydrogen-bond acceptors (Lipinski definition) is 2. The van der Waals surface area contributed by atoms with E-state index in [9.17, 15) is 9.00 Å². The molecular formula is C17H16BrNO2S. The first-order valence-corrected chi connectivity index (χ1v) is 8.54. The Hall–Kier alpha value is -1.72. The van der Waals surface area contributed by atoms with Crippen molar-refractivity contribution < 1.29 is 9.00 Å². The van der Waals surface area contributed by atoms with E-state index >= 15 is 0 Å². The van der Waals surface area contributed by atoms with Crippen molar-refractivity contribution in [2.75, 3.05) is 4.31 Å². The molecule has 22 heavy (non-hydrogen) atoms. The highest BCUT2D eigenvalue weighted by molar-refractivity contribution is 9.10. The van der Waals surface area contributed by atoms with E-state index in [1.165, 1.54) is 4.31 Å². The van der Waals surface area contributed by atoms with Gasteiger partial charge in [-0.1, -0.05) is 46.3 Å². The first-order valence-electron chi connectivity index (χ1n) is 6.64. The average molecular weight is 378 g/mol. The van der Waals surface area contributed by atoms with E-state index in [4.69, 9.17) is 0 Å². The topological polar surface area (TPSA) is 37.4 Å². The first-order chi connectivity index (χ1) is 10.4. The molecule has 5 heteroatoms. The third-order valence-electron chi connectivity index (χ3n) is 2.98. The van der Waals surface area contributed by atoms with Crippen molar-refractivity contribution in [2.24, 2.45) is 0 Å². The minimum Gasteiger partial charge on any atom is -0.268 e. The molecule has 3 nitrogen and oxygen atoms in total. The Morgan fingerprint density at radius 2 is 1.82 bits per heavy atom. The lowest BCUT2D eigenvalue weighted by molar-refractivity contribution is -0.113. The summed E-state index contributed by atoms with van der Waals surface area (Å²) >= 11 is 3.37. The number of nitrogens with zero attached hydrogens (tertiary/aromatic N) is 1. The molecule has 0 fully saturated rings. The Morgan fingerprint density at radius 1 is 1.18 bits per heavy atom. The molecule has 2 aromatic rings. The molecule has 2 rings (SSSR count). The zero-order chi connectivity index (χ0) is 16.3. The fourth-order valence-electron chi connectivity index (χ4n) is 1.82. The molecule has 0 aromatic heterocycles. The van der Waals surface area contributed by atoms with Crippen LogP contribution in [0.15, 0.2) is 70.1 Å². The monoisotopic (exact) mass is 377 g/mol. The lowest BCUT2D eigenvalue weighted by Gasteiger charge is -2.22. The number of rotatable bonds is 4. The molecule has 0 saturated carbocycles. The average Bonchev–Trinajstić information content (AvgIpc) is 2.48. The van der Waals surface area contributed by atoms with Crippen molar-refractivity contribution >= 4 is 38.5 Å². The van der Waals surface area contributed by atoms with Gasteiger partial charge in [0.2, 0.25) is 0 Å². The van der Waals surface area contributed by atoms with E-state index < -0.39 is 11.0 Å². The molecule has 0 aliphatic heterocycles. The summed E-state index contributed by atoms with van der Waals surface area (Å²) < 4.78 is 14.9. The van der Waals surface area contributed by atoms with E-state index in [1.807, 2.05) is 25.1 Å². The van der Waals surface area contributed by atoms with Crippen LogP contribution in [-0.4, -0.2) is 10.1 Å². The molecule has 1 atom stereocenters. The summed E-state index contributed by atoms with van der Waals surface area (Å²) in [6, 6.07) is 14.4. The highest BCUT2D eigenvalue weighted by atomic mass is 79.9. The minimum absolute atomic E-state index is 0.334. The first kappa shape index (κ1) is 16.6. The maximum atomic E-state index is 12.9. The summed E-state index contributed by atoms with van der Waals surface area (Å²) in [6.45, 7) is 7.24. The van der Waals surface area contributed by atoms with Gasteiger partial charge in [0.1, 0.15) is 0 Å². The number of carbonyl (C=O) groups is 1. The highest BCUT2D eigenvalue weighted by Gasteiger charge is 2.24. The van der Waals surface area contributed by atoms with Crippen LogP contribution in [0.5, 0.6) is 0 Å². The summed E-state index contributed by atoms with van der Waals surface area (Å²) in [7, 11) is -1.64. The molecule has 0 heterocycles. The van der Waals surface area contributed by atoms with Gasteiger partial charge in [0.15, 0.2) is 11.0 Å². The quantitative estimate of drug-likeness (QED) is 0.740. The van der Waals surface area contributed by atoms with Crippen molar-refractivity contribution in [3.05, 3.63) is 70.7 Å². The van der Waals surface area contributed by atoms with Crippen LogP contribution in [0.4, 0.5) is 5.69 Å². The van der Waals surface area contributed by atoms with Gasteiger partial charge >= 0.3 is 0 Å². The van der Waals surface area contributed by atoms with Crippen LogP contribution in [0.3, 0.4) is 0 Å². The van der Waals surface area contributed by atoms with Crippen molar-refractivity contribution in [3.63, 3.8) is 0 Å². The second-order valence-corrected chi connectivity index (χ2v) is 7.17. The lowest BCUT2D eigenvalue weighted by Crippen LogP contribution is -2.33. The van der Waals surface area contributed by atoms with Crippen molar-refractivity contribution in [1.29, 1.82) is 0 Å². The van der Waals surface area contributed by atoms with Gasteiger partial charge in [-0.05, 0) is 44.2 Å². The Labute approximate surface area is 141 Å². The Morgan fingerprint density at radius 3 is 2.36 bits per heavy atom. The molecule has 0 aliphatic carbocycles. The van der Waals surface area contributed by atoms with Gasteiger partial charge in [-0.15, -0.1) is 0 Å². The Kier molecular flexibility index (Phi) is 5.32. The maximum Gasteiger partial charge on any atom is 0.265 e. The fourth-order valence-corrected chi connectivity index (χ4v) is 3.40. The minimum atomic E-state index is -1.64. The molecule has 0 bridgehead atoms. The molecule has 2 aromatic carbocycles. The summed E-state index contributed by atoms with van der Waals surface area (Å²) in [6.07, 6.45) is 0. The van der Waals surface area contributed by atoms with E-state index in [2.05, 4.69) is 22.5 Å². The fraction of sp³-hybridized carbons (Fsp3) is 0.118. The zero-order valence-corrected chi connectivity index (χ0v) is 14.8. The van der Waals surface area contributed by atoms with E-state index in [1.54, 1.807) is 37.3 Å². The predicted octanol–water partition coefficient (Wildman–Crippen LogP) is 4.39. The van der Waals surface area contributed by atoms with Crippen LogP contribution in [0.1, 0.15) is 12.5 Å². The number of anilines is 1. The number of hydrogen-bond donors (Lipinski definition) is 0. The number of carbonyl (C=O) groups excluding carboxylic acids is 1. The molecule has 0 aliphatic rings. The second kappa shape index (κ2) is 7.03. The SMILES string of the molecule is C=C(C)C(=O)N(c1cccc(Br)c1)[S@@](=O)c1ccc(C)cc1. The van der Waals surface area contributed by atoms with Crippen LogP contribution in [-0.2, 0) is 15.8 Å². The molecule has 1 amide bonds. The van der Waals surface area contributed by atoms with Gasteiger partial charge in [0, 0.05) is 10.0 Å².